The number of para-hydroxylation sites is 1. The second kappa shape index (κ2) is 6.39. The van der Waals surface area contributed by atoms with Crippen molar-refractivity contribution in [3.05, 3.63) is 46.2 Å². The fourth-order valence-corrected chi connectivity index (χ4v) is 5.69. The molecule has 4 heterocycles. The van der Waals surface area contributed by atoms with Gasteiger partial charge >= 0.3 is 0 Å². The molecular weight excluding hydrogens is 342 g/mol. The van der Waals surface area contributed by atoms with Crippen LogP contribution in [0.5, 0.6) is 0 Å². The molecule has 5 heteroatoms. The van der Waals surface area contributed by atoms with Gasteiger partial charge in [0.1, 0.15) is 0 Å². The molecule has 1 aromatic carbocycles. The summed E-state index contributed by atoms with van der Waals surface area (Å²) in [6, 6.07) is 11.4. The quantitative estimate of drug-likeness (QED) is 0.774. The van der Waals surface area contributed by atoms with Gasteiger partial charge in [-0.3, -0.25) is 4.79 Å². The average molecular weight is 368 g/mol. The maximum atomic E-state index is 12.3. The number of benzene rings is 1. The molecule has 0 radical (unpaired) electrons. The van der Waals surface area contributed by atoms with Gasteiger partial charge in [0, 0.05) is 58.2 Å². The minimum atomic E-state index is 0.289. The van der Waals surface area contributed by atoms with Gasteiger partial charge in [0.15, 0.2) is 5.78 Å². The number of carbonyl (C=O) groups is 1. The molecule has 1 fully saturated rings. The number of fused-ring (bicyclic) bond motifs is 3. The van der Waals surface area contributed by atoms with Gasteiger partial charge in [-0.1, -0.05) is 18.2 Å². The van der Waals surface area contributed by atoms with Gasteiger partial charge in [-0.05, 0) is 29.5 Å². The number of nitrogens with zero attached hydrogens (tertiary/aromatic N) is 3. The summed E-state index contributed by atoms with van der Waals surface area (Å²) in [7, 11) is 2.21. The first kappa shape index (κ1) is 16.3. The van der Waals surface area contributed by atoms with E-state index in [9.17, 15) is 4.79 Å². The van der Waals surface area contributed by atoms with E-state index in [1.54, 1.807) is 11.3 Å². The van der Waals surface area contributed by atoms with Crippen LogP contribution in [0.2, 0.25) is 0 Å². The summed E-state index contributed by atoms with van der Waals surface area (Å²) >= 11 is 1.56. The number of hydrogen-bond acceptors (Lipinski definition) is 5. The molecule has 3 aliphatic rings. The lowest BCUT2D eigenvalue weighted by Crippen LogP contribution is -2.49. The molecule has 136 valence electrons. The van der Waals surface area contributed by atoms with Gasteiger partial charge in [-0.15, -0.1) is 11.3 Å². The van der Waals surface area contributed by atoms with Gasteiger partial charge in [-0.25, -0.2) is 0 Å². The minimum absolute atomic E-state index is 0.289. The van der Waals surface area contributed by atoms with Crippen LogP contribution < -0.4 is 9.80 Å². The second-order valence-electron chi connectivity index (χ2n) is 7.74. The lowest BCUT2D eigenvalue weighted by molar-refractivity contribution is 0.0956. The first-order chi connectivity index (χ1) is 12.7. The van der Waals surface area contributed by atoms with Crippen molar-refractivity contribution in [3.8, 4) is 0 Å². The summed E-state index contributed by atoms with van der Waals surface area (Å²) in [5, 5.41) is 1.98. The summed E-state index contributed by atoms with van der Waals surface area (Å²) in [4.78, 5) is 20.8. The van der Waals surface area contributed by atoms with Gasteiger partial charge in [0.05, 0.1) is 16.3 Å². The largest absolute Gasteiger partial charge is 0.371 e. The number of hydrogen-bond donors (Lipinski definition) is 0. The van der Waals surface area contributed by atoms with E-state index in [0.29, 0.717) is 18.4 Å². The molecule has 0 amide bonds. The smallest absolute Gasteiger partial charge is 0.174 e. The Morgan fingerprint density at radius 1 is 1.19 bits per heavy atom. The number of ketones is 1. The van der Waals surface area contributed by atoms with Crippen molar-refractivity contribution < 1.29 is 4.79 Å². The van der Waals surface area contributed by atoms with Crippen molar-refractivity contribution >= 4 is 28.5 Å². The lowest BCUT2D eigenvalue weighted by atomic mass is 9.89. The lowest BCUT2D eigenvalue weighted by Gasteiger charge is -2.41. The van der Waals surface area contributed by atoms with E-state index in [1.165, 1.54) is 23.4 Å². The molecule has 0 N–H and O–H groups in total. The molecule has 3 aliphatic heterocycles. The third-order valence-electron chi connectivity index (χ3n) is 6.33. The van der Waals surface area contributed by atoms with Crippen molar-refractivity contribution in [1.29, 1.82) is 0 Å². The number of piperidine rings is 1. The predicted octanol–water partition coefficient (Wildman–Crippen LogP) is 3.45. The molecular formula is C21H25N3OS. The Labute approximate surface area is 159 Å². The van der Waals surface area contributed by atoms with Crippen LogP contribution in [-0.4, -0.2) is 56.5 Å². The van der Waals surface area contributed by atoms with Crippen molar-refractivity contribution in [3.63, 3.8) is 0 Å². The zero-order chi connectivity index (χ0) is 17.7. The van der Waals surface area contributed by atoms with E-state index in [1.807, 2.05) is 17.5 Å². The molecule has 2 atom stereocenters. The Balaban J connectivity index is 1.32. The summed E-state index contributed by atoms with van der Waals surface area (Å²) < 4.78 is 0. The van der Waals surface area contributed by atoms with Crippen LogP contribution >= 0.6 is 11.3 Å². The topological polar surface area (TPSA) is 26.8 Å². The van der Waals surface area contributed by atoms with Gasteiger partial charge in [0.2, 0.25) is 0 Å². The Kier molecular flexibility index (Phi) is 4.02. The predicted molar refractivity (Wildman–Crippen MR) is 108 cm³/mol. The fraction of sp³-hybridized carbons (Fsp3) is 0.476. The summed E-state index contributed by atoms with van der Waals surface area (Å²) in [6.45, 7) is 5.32. The molecule has 0 aliphatic carbocycles. The monoisotopic (exact) mass is 367 g/mol. The maximum Gasteiger partial charge on any atom is 0.174 e. The molecule has 0 spiro atoms. The first-order valence-electron chi connectivity index (χ1n) is 9.62. The average Bonchev–Trinajstić information content (AvgIpc) is 3.30. The number of likely N-dealkylation sites (tertiary alicyclic amines) is 1. The number of likely N-dealkylation sites (N-methyl/N-ethyl adjacent to an activating group) is 1. The second-order valence-corrected chi connectivity index (χ2v) is 8.69. The molecule has 0 saturated carbocycles. The zero-order valence-corrected chi connectivity index (χ0v) is 16.0. The van der Waals surface area contributed by atoms with Crippen LogP contribution in [0.25, 0.3) is 0 Å². The van der Waals surface area contributed by atoms with Crippen LogP contribution in [0.1, 0.15) is 34.0 Å². The number of carbonyl (C=O) groups excluding carboxylic acids is 1. The minimum Gasteiger partial charge on any atom is -0.371 e. The highest BCUT2D eigenvalue weighted by Gasteiger charge is 2.44. The molecule has 0 bridgehead atoms. The van der Waals surface area contributed by atoms with E-state index >= 15 is 0 Å². The fourth-order valence-electron chi connectivity index (χ4n) is 5.00. The number of thiophene rings is 1. The SMILES string of the molecule is CN1CCN2c3c(cccc31)C1CN(CCC(=O)c3cccs3)CCC12. The highest BCUT2D eigenvalue weighted by molar-refractivity contribution is 7.12. The van der Waals surface area contributed by atoms with Crippen molar-refractivity contribution in [2.45, 2.75) is 24.8 Å². The van der Waals surface area contributed by atoms with Crippen molar-refractivity contribution in [1.82, 2.24) is 4.90 Å². The third-order valence-corrected chi connectivity index (χ3v) is 7.24. The molecule has 1 aromatic heterocycles. The molecule has 26 heavy (non-hydrogen) atoms. The Morgan fingerprint density at radius 3 is 2.96 bits per heavy atom. The molecule has 1 saturated heterocycles. The number of anilines is 2. The highest BCUT2D eigenvalue weighted by Crippen LogP contribution is 2.50. The molecule has 2 aromatic rings. The van der Waals surface area contributed by atoms with Gasteiger partial charge in [0.25, 0.3) is 0 Å². The van der Waals surface area contributed by atoms with Crippen LogP contribution in [0.3, 0.4) is 0 Å². The summed E-state index contributed by atoms with van der Waals surface area (Å²) in [6.07, 6.45) is 1.84. The summed E-state index contributed by atoms with van der Waals surface area (Å²) in [5.41, 5.74) is 4.39. The molecule has 5 rings (SSSR count). The van der Waals surface area contributed by atoms with Crippen LogP contribution in [-0.2, 0) is 0 Å². The zero-order valence-electron chi connectivity index (χ0n) is 15.2. The summed E-state index contributed by atoms with van der Waals surface area (Å²) in [5.74, 6) is 0.874. The van der Waals surface area contributed by atoms with Crippen LogP contribution in [0.15, 0.2) is 35.7 Å². The van der Waals surface area contributed by atoms with Crippen LogP contribution in [0, 0.1) is 0 Å². The number of rotatable bonds is 4. The highest BCUT2D eigenvalue weighted by atomic mass is 32.1. The van der Waals surface area contributed by atoms with E-state index in [4.69, 9.17) is 0 Å². The van der Waals surface area contributed by atoms with Crippen molar-refractivity contribution in [2.24, 2.45) is 0 Å². The Bertz CT molecular complexity index is 819. The van der Waals surface area contributed by atoms with E-state index in [0.717, 1.165) is 37.6 Å². The molecule has 4 nitrogen and oxygen atoms in total. The van der Waals surface area contributed by atoms with Gasteiger partial charge < -0.3 is 14.7 Å². The Morgan fingerprint density at radius 2 is 2.12 bits per heavy atom. The maximum absolute atomic E-state index is 12.3. The third kappa shape index (κ3) is 2.57. The number of Topliss-reactive ketones (excluding diaryl/α,β-unsaturated/α-hetero) is 1. The first-order valence-corrected chi connectivity index (χ1v) is 10.5. The van der Waals surface area contributed by atoms with Crippen LogP contribution in [0.4, 0.5) is 11.4 Å². The molecule has 2 unspecified atom stereocenters. The normalized spacial score (nSPS) is 24.5. The Hall–Kier alpha value is -1.85. The van der Waals surface area contributed by atoms with E-state index in [2.05, 4.69) is 39.9 Å². The van der Waals surface area contributed by atoms with E-state index < -0.39 is 0 Å². The standard InChI is InChI=1S/C21H25N3OS/c1-22-11-12-24-17-7-9-23(10-8-19(25)20-6-3-13-26-20)14-16(17)15-4-2-5-18(22)21(15)24/h2-6,13,16-17H,7-12,14H2,1H3. The van der Waals surface area contributed by atoms with Gasteiger partial charge in [-0.2, -0.15) is 0 Å². The van der Waals surface area contributed by atoms with E-state index in [-0.39, 0.29) is 5.78 Å². The van der Waals surface area contributed by atoms with Crippen molar-refractivity contribution in [2.75, 3.05) is 49.6 Å².